The van der Waals surface area contributed by atoms with E-state index in [1.165, 1.54) is 12.1 Å². The monoisotopic (exact) mass is 299 g/mol. The Kier molecular flexibility index (Phi) is 3.52. The zero-order valence-corrected chi connectivity index (χ0v) is 11.2. The molecule has 1 aromatic heterocycles. The van der Waals surface area contributed by atoms with Gasteiger partial charge in [-0.05, 0) is 30.3 Å². The lowest BCUT2D eigenvalue weighted by Crippen LogP contribution is -2.04. The minimum absolute atomic E-state index is 0.0331. The number of ether oxygens (including phenoxy) is 1. The van der Waals surface area contributed by atoms with Gasteiger partial charge in [0.25, 0.3) is 0 Å². The minimum atomic E-state index is -4.30. The average molecular weight is 299 g/mol. The van der Waals surface area contributed by atoms with Crippen LogP contribution in [0.2, 0.25) is 0 Å². The molecule has 1 aliphatic rings. The lowest BCUT2D eigenvalue weighted by molar-refractivity contribution is -0.137. The van der Waals surface area contributed by atoms with E-state index in [1.807, 2.05) is 18.5 Å². The van der Waals surface area contributed by atoms with Crippen LogP contribution in [0.3, 0.4) is 0 Å². The Labute approximate surface area is 118 Å². The Hall–Kier alpha value is -1.40. The molecule has 1 aliphatic heterocycles. The Morgan fingerprint density at radius 1 is 1.15 bits per heavy atom. The molecule has 2 aromatic rings. The van der Waals surface area contributed by atoms with Crippen molar-refractivity contribution < 1.29 is 17.9 Å². The van der Waals surface area contributed by atoms with Crippen LogP contribution in [0, 0.1) is 0 Å². The number of rotatable bonds is 2. The van der Waals surface area contributed by atoms with E-state index < -0.39 is 11.7 Å². The van der Waals surface area contributed by atoms with Crippen LogP contribution in [-0.4, -0.2) is 16.9 Å². The van der Waals surface area contributed by atoms with Gasteiger partial charge in [-0.15, -0.1) is 11.8 Å². The molecule has 0 spiro atoms. The first-order chi connectivity index (χ1) is 9.54. The van der Waals surface area contributed by atoms with E-state index in [9.17, 15) is 13.2 Å². The van der Waals surface area contributed by atoms with Crippen molar-refractivity contribution >= 4 is 11.8 Å². The summed E-state index contributed by atoms with van der Waals surface area (Å²) in [6.45, 7) is 0.737. The van der Waals surface area contributed by atoms with Gasteiger partial charge in [-0.25, -0.2) is 0 Å². The molecular weight excluding hydrogens is 287 g/mol. The molecule has 0 aliphatic carbocycles. The third-order valence-electron chi connectivity index (χ3n) is 3.10. The zero-order valence-electron chi connectivity index (χ0n) is 10.4. The molecule has 6 heteroatoms. The quantitative estimate of drug-likeness (QED) is 0.822. The second kappa shape index (κ2) is 5.18. The van der Waals surface area contributed by atoms with E-state index in [0.717, 1.165) is 30.1 Å². The van der Waals surface area contributed by atoms with Gasteiger partial charge in [-0.3, -0.25) is 0 Å². The standard InChI is InChI=1S/C14H12F3NOS/c15-14(16,17)11-1-3-12(4-2-11)18-6-5-10(9-18)13-19-7-8-20-13/h1-6,9,13H,7-8H2/t13-/m0/s1. The van der Waals surface area contributed by atoms with Gasteiger partial charge in [0.15, 0.2) is 0 Å². The van der Waals surface area contributed by atoms with Gasteiger partial charge in [0.1, 0.15) is 5.44 Å². The summed E-state index contributed by atoms with van der Waals surface area (Å²) < 4.78 is 44.9. The SMILES string of the molecule is FC(F)(F)c1ccc(-n2ccc([C@H]3OCCS3)c2)cc1. The highest BCUT2D eigenvalue weighted by atomic mass is 32.2. The number of nitrogens with zero attached hydrogens (tertiary/aromatic N) is 1. The molecule has 2 heterocycles. The Bertz CT molecular complexity index is 585. The molecule has 0 amide bonds. The number of aromatic nitrogens is 1. The molecule has 0 bridgehead atoms. The molecule has 0 radical (unpaired) electrons. The zero-order chi connectivity index (χ0) is 14.2. The van der Waals surface area contributed by atoms with E-state index in [4.69, 9.17) is 4.74 Å². The third kappa shape index (κ3) is 2.71. The van der Waals surface area contributed by atoms with Crippen LogP contribution < -0.4 is 0 Å². The molecular formula is C14H12F3NOS. The van der Waals surface area contributed by atoms with Crippen LogP contribution in [0.4, 0.5) is 13.2 Å². The van der Waals surface area contributed by atoms with Gasteiger partial charge < -0.3 is 9.30 Å². The van der Waals surface area contributed by atoms with Crippen molar-refractivity contribution in [2.24, 2.45) is 0 Å². The maximum Gasteiger partial charge on any atom is 0.416 e. The maximum absolute atomic E-state index is 12.5. The summed E-state index contributed by atoms with van der Waals surface area (Å²) in [6, 6.07) is 7.05. The fraction of sp³-hybridized carbons (Fsp3) is 0.286. The highest BCUT2D eigenvalue weighted by molar-refractivity contribution is 7.99. The van der Waals surface area contributed by atoms with E-state index in [0.29, 0.717) is 5.69 Å². The fourth-order valence-electron chi connectivity index (χ4n) is 2.09. The summed E-state index contributed by atoms with van der Waals surface area (Å²) in [4.78, 5) is 0. The van der Waals surface area contributed by atoms with Gasteiger partial charge in [0.2, 0.25) is 0 Å². The second-order valence-corrected chi connectivity index (χ2v) is 5.64. The van der Waals surface area contributed by atoms with Crippen molar-refractivity contribution in [3.05, 3.63) is 53.9 Å². The first-order valence-corrected chi connectivity index (χ1v) is 7.18. The van der Waals surface area contributed by atoms with Gasteiger partial charge in [0, 0.05) is 29.4 Å². The van der Waals surface area contributed by atoms with Crippen molar-refractivity contribution in [1.82, 2.24) is 4.57 Å². The molecule has 0 unspecified atom stereocenters. The lowest BCUT2D eigenvalue weighted by atomic mass is 10.2. The van der Waals surface area contributed by atoms with Crippen molar-refractivity contribution in [2.75, 3.05) is 12.4 Å². The Morgan fingerprint density at radius 2 is 1.90 bits per heavy atom. The Morgan fingerprint density at radius 3 is 2.50 bits per heavy atom. The van der Waals surface area contributed by atoms with E-state index in [2.05, 4.69) is 0 Å². The number of benzene rings is 1. The fourth-order valence-corrected chi connectivity index (χ4v) is 3.02. The van der Waals surface area contributed by atoms with Crippen LogP contribution in [0.15, 0.2) is 42.7 Å². The largest absolute Gasteiger partial charge is 0.416 e. The topological polar surface area (TPSA) is 14.2 Å². The molecule has 20 heavy (non-hydrogen) atoms. The molecule has 1 fully saturated rings. The van der Waals surface area contributed by atoms with Gasteiger partial charge in [-0.2, -0.15) is 13.2 Å². The first kappa shape index (κ1) is 13.6. The molecule has 106 valence electrons. The highest BCUT2D eigenvalue weighted by Crippen LogP contribution is 2.35. The highest BCUT2D eigenvalue weighted by Gasteiger charge is 2.30. The number of hydrogen-bond donors (Lipinski definition) is 0. The molecule has 0 N–H and O–H groups in total. The lowest BCUT2D eigenvalue weighted by Gasteiger charge is -2.08. The summed E-state index contributed by atoms with van der Waals surface area (Å²) in [5.74, 6) is 0.968. The predicted molar refractivity (Wildman–Crippen MR) is 71.9 cm³/mol. The van der Waals surface area contributed by atoms with Crippen molar-refractivity contribution in [3.8, 4) is 5.69 Å². The second-order valence-electron chi connectivity index (χ2n) is 4.47. The molecule has 1 saturated heterocycles. The number of hydrogen-bond acceptors (Lipinski definition) is 2. The maximum atomic E-state index is 12.5. The third-order valence-corrected chi connectivity index (χ3v) is 4.22. The van der Waals surface area contributed by atoms with Crippen LogP contribution in [-0.2, 0) is 10.9 Å². The molecule has 0 saturated carbocycles. The average Bonchev–Trinajstić information content (AvgIpc) is 3.09. The summed E-state index contributed by atoms with van der Waals surface area (Å²) in [5, 5.41) is 0. The first-order valence-electron chi connectivity index (χ1n) is 6.13. The molecule has 2 nitrogen and oxygen atoms in total. The summed E-state index contributed by atoms with van der Waals surface area (Å²) in [5.41, 5.74) is 1.13. The number of thioether (sulfide) groups is 1. The van der Waals surface area contributed by atoms with Gasteiger partial charge >= 0.3 is 6.18 Å². The Balaban J connectivity index is 1.82. The minimum Gasteiger partial charge on any atom is -0.362 e. The van der Waals surface area contributed by atoms with Crippen LogP contribution in [0.1, 0.15) is 16.6 Å². The van der Waals surface area contributed by atoms with Crippen LogP contribution >= 0.6 is 11.8 Å². The van der Waals surface area contributed by atoms with Crippen LogP contribution in [0.5, 0.6) is 0 Å². The summed E-state index contributed by atoms with van der Waals surface area (Å²) >= 11 is 1.73. The summed E-state index contributed by atoms with van der Waals surface area (Å²) in [7, 11) is 0. The van der Waals surface area contributed by atoms with E-state index in [1.54, 1.807) is 16.3 Å². The van der Waals surface area contributed by atoms with Gasteiger partial charge in [-0.1, -0.05) is 0 Å². The predicted octanol–water partition coefficient (Wildman–Crippen LogP) is 4.26. The smallest absolute Gasteiger partial charge is 0.362 e. The molecule has 1 aromatic carbocycles. The van der Waals surface area contributed by atoms with E-state index in [-0.39, 0.29) is 5.44 Å². The van der Waals surface area contributed by atoms with Crippen molar-refractivity contribution in [1.29, 1.82) is 0 Å². The van der Waals surface area contributed by atoms with Crippen LogP contribution in [0.25, 0.3) is 5.69 Å². The summed E-state index contributed by atoms with van der Waals surface area (Å²) in [6.07, 6.45) is -0.569. The molecule has 3 rings (SSSR count). The number of alkyl halides is 3. The molecule has 1 atom stereocenters. The van der Waals surface area contributed by atoms with Crippen molar-refractivity contribution in [3.63, 3.8) is 0 Å². The van der Waals surface area contributed by atoms with E-state index >= 15 is 0 Å². The van der Waals surface area contributed by atoms with Crippen molar-refractivity contribution in [2.45, 2.75) is 11.6 Å². The van der Waals surface area contributed by atoms with Gasteiger partial charge in [0.05, 0.1) is 12.2 Å². The number of halogens is 3. The normalized spacial score (nSPS) is 19.4.